The molecule has 0 aliphatic heterocycles. The molecule has 1 aromatic heterocycles. The summed E-state index contributed by atoms with van der Waals surface area (Å²) in [6.07, 6.45) is 3.48. The molecule has 8 heteroatoms. The minimum atomic E-state index is -0.200. The number of hydrogen-bond acceptors (Lipinski definition) is 5. The molecule has 144 valence electrons. The number of nitrogens with two attached hydrogens (primary N) is 1. The van der Waals surface area contributed by atoms with Gasteiger partial charge in [-0.05, 0) is 23.8 Å². The van der Waals surface area contributed by atoms with Crippen molar-refractivity contribution < 1.29 is 14.3 Å². The fraction of sp³-hybridized carbons (Fsp3) is 0.333. The topological polar surface area (TPSA) is 86.5 Å². The number of nitrogens with zero attached hydrogens (tertiary/aromatic N) is 1. The Bertz CT molecular complexity index is 672. The summed E-state index contributed by atoms with van der Waals surface area (Å²) in [5.74, 6) is 1.01. The van der Waals surface area contributed by atoms with Crippen LogP contribution in [0.1, 0.15) is 18.1 Å². The summed E-state index contributed by atoms with van der Waals surface area (Å²) in [6.45, 7) is 2.96. The van der Waals surface area contributed by atoms with E-state index < -0.39 is 0 Å². The molecule has 1 heterocycles. The second-order valence-corrected chi connectivity index (χ2v) is 5.49. The quantitative estimate of drug-likeness (QED) is 0.709. The van der Waals surface area contributed by atoms with Crippen molar-refractivity contribution >= 4 is 30.7 Å². The highest BCUT2D eigenvalue weighted by Crippen LogP contribution is 2.28. The Labute approximate surface area is 166 Å². The second-order valence-electron chi connectivity index (χ2n) is 5.49. The van der Waals surface area contributed by atoms with E-state index in [4.69, 9.17) is 15.2 Å². The summed E-state index contributed by atoms with van der Waals surface area (Å²) < 4.78 is 11.2. The molecule has 26 heavy (non-hydrogen) atoms. The lowest BCUT2D eigenvalue weighted by atomic mass is 10.1. The van der Waals surface area contributed by atoms with Crippen molar-refractivity contribution in [2.24, 2.45) is 11.7 Å². The molecule has 1 atom stereocenters. The van der Waals surface area contributed by atoms with Crippen LogP contribution in [-0.2, 0) is 17.9 Å². The number of nitrogens with one attached hydrogen (secondary N) is 1. The lowest BCUT2D eigenvalue weighted by molar-refractivity contribution is -0.124. The van der Waals surface area contributed by atoms with E-state index in [1.807, 2.05) is 30.3 Å². The number of amides is 1. The minimum Gasteiger partial charge on any atom is -0.493 e. The van der Waals surface area contributed by atoms with E-state index in [0.717, 1.165) is 11.1 Å². The predicted molar refractivity (Wildman–Crippen MR) is 106 cm³/mol. The molecule has 0 saturated heterocycles. The molecule has 0 bridgehead atoms. The zero-order chi connectivity index (χ0) is 17.4. The smallest absolute Gasteiger partial charge is 0.224 e. The summed E-state index contributed by atoms with van der Waals surface area (Å²) in [5, 5.41) is 2.85. The third-order valence-corrected chi connectivity index (χ3v) is 3.61. The van der Waals surface area contributed by atoms with E-state index in [1.54, 1.807) is 26.4 Å². The maximum absolute atomic E-state index is 11.8. The molecule has 0 spiro atoms. The largest absolute Gasteiger partial charge is 0.493 e. The molecular formula is C18H25Cl2N3O3. The van der Waals surface area contributed by atoms with Crippen LogP contribution in [0, 0.1) is 5.92 Å². The van der Waals surface area contributed by atoms with Gasteiger partial charge in [0.1, 0.15) is 6.61 Å². The van der Waals surface area contributed by atoms with Crippen LogP contribution in [0.15, 0.2) is 42.7 Å². The molecule has 0 aliphatic carbocycles. The van der Waals surface area contributed by atoms with Gasteiger partial charge in [0.05, 0.1) is 7.11 Å². The van der Waals surface area contributed by atoms with Crippen molar-refractivity contribution in [3.05, 3.63) is 53.9 Å². The maximum atomic E-state index is 11.8. The molecule has 6 nitrogen and oxygen atoms in total. The summed E-state index contributed by atoms with van der Waals surface area (Å²) in [7, 11) is 1.59. The lowest BCUT2D eigenvalue weighted by Crippen LogP contribution is -2.32. The highest BCUT2D eigenvalue weighted by atomic mass is 35.5. The number of carbonyl (C=O) groups excluding carboxylic acids is 1. The number of halogens is 2. The molecule has 0 radical (unpaired) electrons. The Hall–Kier alpha value is -2.02. The molecule has 1 amide bonds. The van der Waals surface area contributed by atoms with Crippen molar-refractivity contribution in [2.45, 2.75) is 20.1 Å². The van der Waals surface area contributed by atoms with Crippen molar-refractivity contribution in [1.82, 2.24) is 10.3 Å². The van der Waals surface area contributed by atoms with E-state index in [9.17, 15) is 4.79 Å². The van der Waals surface area contributed by atoms with Gasteiger partial charge in [-0.15, -0.1) is 24.8 Å². The van der Waals surface area contributed by atoms with Crippen molar-refractivity contribution in [3.63, 3.8) is 0 Å². The van der Waals surface area contributed by atoms with Crippen LogP contribution in [0.25, 0.3) is 0 Å². The van der Waals surface area contributed by atoms with Gasteiger partial charge in [-0.2, -0.15) is 0 Å². The van der Waals surface area contributed by atoms with E-state index in [2.05, 4.69) is 10.3 Å². The minimum absolute atomic E-state index is 0. The number of ether oxygens (including phenoxy) is 2. The molecule has 0 saturated carbocycles. The van der Waals surface area contributed by atoms with Gasteiger partial charge in [-0.1, -0.05) is 19.1 Å². The second kappa shape index (κ2) is 12.4. The molecule has 2 aromatic rings. The molecule has 1 aromatic carbocycles. The number of benzene rings is 1. The fourth-order valence-electron chi connectivity index (χ4n) is 2.06. The summed E-state index contributed by atoms with van der Waals surface area (Å²) >= 11 is 0. The average molecular weight is 402 g/mol. The summed E-state index contributed by atoms with van der Waals surface area (Å²) in [6, 6.07) is 9.40. The maximum Gasteiger partial charge on any atom is 0.224 e. The number of hydrogen-bond donors (Lipinski definition) is 2. The monoisotopic (exact) mass is 401 g/mol. The highest BCUT2D eigenvalue weighted by molar-refractivity contribution is 5.85. The van der Waals surface area contributed by atoms with Crippen LogP contribution in [0.3, 0.4) is 0 Å². The first-order valence-electron chi connectivity index (χ1n) is 7.80. The third-order valence-electron chi connectivity index (χ3n) is 3.61. The van der Waals surface area contributed by atoms with Gasteiger partial charge < -0.3 is 20.5 Å². The highest BCUT2D eigenvalue weighted by Gasteiger charge is 2.11. The van der Waals surface area contributed by atoms with Gasteiger partial charge in [-0.3, -0.25) is 9.78 Å². The van der Waals surface area contributed by atoms with Crippen LogP contribution in [-0.4, -0.2) is 24.5 Å². The molecule has 0 fully saturated rings. The number of methoxy groups -OCH3 is 1. The standard InChI is InChI=1S/C18H23N3O3.2ClH/c1-13(9-19)18(22)21-11-14-5-6-16(17(8-14)23-2)24-12-15-4-3-7-20-10-15;;/h3-8,10,13H,9,11-12,19H2,1-2H3,(H,21,22);2*1H. The normalized spacial score (nSPS) is 10.7. The van der Waals surface area contributed by atoms with Crippen LogP contribution in [0.4, 0.5) is 0 Å². The van der Waals surface area contributed by atoms with Crippen LogP contribution in [0.5, 0.6) is 11.5 Å². The van der Waals surface area contributed by atoms with Gasteiger partial charge >= 0.3 is 0 Å². The SMILES string of the molecule is COc1cc(CNC(=O)C(C)CN)ccc1OCc1cccnc1.Cl.Cl. The molecule has 1 unspecified atom stereocenters. The van der Waals surface area contributed by atoms with Gasteiger partial charge in [-0.25, -0.2) is 0 Å². The van der Waals surface area contributed by atoms with Crippen molar-refractivity contribution in [3.8, 4) is 11.5 Å². The number of rotatable bonds is 8. The summed E-state index contributed by atoms with van der Waals surface area (Å²) in [4.78, 5) is 15.8. The average Bonchev–Trinajstić information content (AvgIpc) is 2.64. The predicted octanol–water partition coefficient (Wildman–Crippen LogP) is 2.72. The zero-order valence-corrected chi connectivity index (χ0v) is 16.4. The van der Waals surface area contributed by atoms with E-state index >= 15 is 0 Å². The van der Waals surface area contributed by atoms with Gasteiger partial charge in [0.25, 0.3) is 0 Å². The summed E-state index contributed by atoms with van der Waals surface area (Å²) in [5.41, 5.74) is 7.39. The number of aromatic nitrogens is 1. The molecule has 3 N–H and O–H groups in total. The third kappa shape index (κ3) is 7.07. The zero-order valence-electron chi connectivity index (χ0n) is 14.8. The Morgan fingerprint density at radius 1 is 1.23 bits per heavy atom. The first kappa shape index (κ1) is 24.0. The Morgan fingerprint density at radius 2 is 2.00 bits per heavy atom. The van der Waals surface area contributed by atoms with Crippen LogP contribution < -0.4 is 20.5 Å². The van der Waals surface area contributed by atoms with Crippen molar-refractivity contribution in [1.29, 1.82) is 0 Å². The van der Waals surface area contributed by atoms with Crippen LogP contribution >= 0.6 is 24.8 Å². The van der Waals surface area contributed by atoms with Crippen LogP contribution in [0.2, 0.25) is 0 Å². The van der Waals surface area contributed by atoms with Gasteiger partial charge in [0.2, 0.25) is 5.91 Å². The van der Waals surface area contributed by atoms with E-state index in [1.165, 1.54) is 0 Å². The van der Waals surface area contributed by atoms with E-state index in [-0.39, 0.29) is 36.6 Å². The molecule has 2 rings (SSSR count). The Morgan fingerprint density at radius 3 is 2.62 bits per heavy atom. The first-order chi connectivity index (χ1) is 11.6. The molecular weight excluding hydrogens is 377 g/mol. The lowest BCUT2D eigenvalue weighted by Gasteiger charge is -2.13. The van der Waals surface area contributed by atoms with E-state index in [0.29, 0.717) is 31.2 Å². The molecule has 0 aliphatic rings. The Kier molecular flexibility index (Phi) is 11.4. The first-order valence-corrected chi connectivity index (χ1v) is 7.80. The number of pyridine rings is 1. The van der Waals surface area contributed by atoms with Gasteiger partial charge in [0.15, 0.2) is 11.5 Å². The van der Waals surface area contributed by atoms with Crippen molar-refractivity contribution in [2.75, 3.05) is 13.7 Å². The van der Waals surface area contributed by atoms with Gasteiger partial charge in [0, 0.05) is 37.0 Å². The number of carbonyl (C=O) groups is 1. The fourth-order valence-corrected chi connectivity index (χ4v) is 2.06. The Balaban J connectivity index is 0.00000312.